The third kappa shape index (κ3) is 8.50. The first-order chi connectivity index (χ1) is 10.5. The fraction of sp³-hybridized carbons (Fsp3) is 0.588. The monoisotopic (exact) mass is 437 g/mol. The maximum absolute atomic E-state index is 13.0. The van der Waals surface area contributed by atoms with Gasteiger partial charge in [-0.15, -0.1) is 24.0 Å². The SMILES string of the molecule is CCNC(=NCC(C)(C)c1ccc(F)cc1)NCCOCC.I. The van der Waals surface area contributed by atoms with E-state index in [1.165, 1.54) is 12.1 Å². The molecule has 0 aliphatic rings. The molecule has 0 saturated carbocycles. The van der Waals surface area contributed by atoms with Crippen molar-refractivity contribution in [2.75, 3.05) is 32.8 Å². The van der Waals surface area contributed by atoms with E-state index < -0.39 is 0 Å². The van der Waals surface area contributed by atoms with Gasteiger partial charge < -0.3 is 15.4 Å². The molecule has 0 spiro atoms. The van der Waals surface area contributed by atoms with E-state index in [0.717, 1.165) is 24.6 Å². The zero-order valence-electron chi connectivity index (χ0n) is 14.5. The lowest BCUT2D eigenvalue weighted by molar-refractivity contribution is 0.152. The summed E-state index contributed by atoms with van der Waals surface area (Å²) in [4.78, 5) is 4.63. The summed E-state index contributed by atoms with van der Waals surface area (Å²) < 4.78 is 18.3. The molecule has 2 N–H and O–H groups in total. The van der Waals surface area contributed by atoms with Gasteiger partial charge >= 0.3 is 0 Å². The fourth-order valence-corrected chi connectivity index (χ4v) is 2.00. The van der Waals surface area contributed by atoms with Crippen molar-refractivity contribution in [1.29, 1.82) is 0 Å². The van der Waals surface area contributed by atoms with Crippen LogP contribution in [0.1, 0.15) is 33.3 Å². The Labute approximate surface area is 156 Å². The van der Waals surface area contributed by atoms with Crippen molar-refractivity contribution in [2.45, 2.75) is 33.1 Å². The molecular formula is C17H29FIN3O. The quantitative estimate of drug-likeness (QED) is 0.284. The number of halogens is 2. The number of hydrogen-bond donors (Lipinski definition) is 2. The summed E-state index contributed by atoms with van der Waals surface area (Å²) in [6.45, 7) is 11.7. The maximum Gasteiger partial charge on any atom is 0.191 e. The van der Waals surface area contributed by atoms with Crippen molar-refractivity contribution >= 4 is 29.9 Å². The van der Waals surface area contributed by atoms with Crippen LogP contribution in [0.3, 0.4) is 0 Å². The van der Waals surface area contributed by atoms with Gasteiger partial charge in [0.2, 0.25) is 0 Å². The summed E-state index contributed by atoms with van der Waals surface area (Å²) in [5.74, 6) is 0.561. The number of nitrogens with one attached hydrogen (secondary N) is 2. The third-order valence-electron chi connectivity index (χ3n) is 3.35. The van der Waals surface area contributed by atoms with Gasteiger partial charge in [-0.3, -0.25) is 4.99 Å². The summed E-state index contributed by atoms with van der Waals surface area (Å²) in [6.07, 6.45) is 0. The van der Waals surface area contributed by atoms with Gasteiger partial charge in [0.1, 0.15) is 5.82 Å². The first-order valence-electron chi connectivity index (χ1n) is 7.85. The minimum Gasteiger partial charge on any atom is -0.380 e. The standard InChI is InChI=1S/C17H28FN3O.HI/c1-5-19-16(20-11-12-22-6-2)21-13-17(3,4)14-7-9-15(18)10-8-14;/h7-10H,5-6,11-13H2,1-4H3,(H2,19,20,21);1H. The van der Waals surface area contributed by atoms with Crippen LogP contribution < -0.4 is 10.6 Å². The molecule has 0 amide bonds. The molecule has 0 heterocycles. The largest absolute Gasteiger partial charge is 0.380 e. The Kier molecular flexibility index (Phi) is 11.2. The molecule has 0 unspecified atom stereocenters. The lowest BCUT2D eigenvalue weighted by Gasteiger charge is -2.24. The summed E-state index contributed by atoms with van der Waals surface area (Å²) in [6, 6.07) is 6.62. The van der Waals surface area contributed by atoms with Gasteiger partial charge in [-0.1, -0.05) is 26.0 Å². The summed E-state index contributed by atoms with van der Waals surface area (Å²) in [5.41, 5.74) is 0.915. The van der Waals surface area contributed by atoms with Crippen molar-refractivity contribution < 1.29 is 9.13 Å². The van der Waals surface area contributed by atoms with Gasteiger partial charge in [-0.05, 0) is 31.5 Å². The second-order valence-electron chi connectivity index (χ2n) is 5.71. The second kappa shape index (κ2) is 11.6. The van der Waals surface area contributed by atoms with E-state index in [0.29, 0.717) is 19.8 Å². The third-order valence-corrected chi connectivity index (χ3v) is 3.35. The first kappa shape index (κ1) is 22.1. The zero-order chi connectivity index (χ0) is 16.4. The minimum atomic E-state index is -0.214. The predicted molar refractivity (Wildman–Crippen MR) is 105 cm³/mol. The summed E-state index contributed by atoms with van der Waals surface area (Å²) >= 11 is 0. The van der Waals surface area contributed by atoms with Crippen LogP contribution in [0.2, 0.25) is 0 Å². The number of hydrogen-bond acceptors (Lipinski definition) is 2. The van der Waals surface area contributed by atoms with Crippen molar-refractivity contribution in [3.8, 4) is 0 Å². The molecule has 4 nitrogen and oxygen atoms in total. The van der Waals surface area contributed by atoms with E-state index >= 15 is 0 Å². The average Bonchev–Trinajstić information content (AvgIpc) is 2.49. The molecule has 1 aromatic rings. The summed E-state index contributed by atoms with van der Waals surface area (Å²) in [5, 5.41) is 6.46. The van der Waals surface area contributed by atoms with Gasteiger partial charge in [-0.25, -0.2) is 4.39 Å². The van der Waals surface area contributed by atoms with Gasteiger partial charge in [-0.2, -0.15) is 0 Å². The van der Waals surface area contributed by atoms with E-state index in [1.54, 1.807) is 0 Å². The van der Waals surface area contributed by atoms with Crippen LogP contribution in [0.15, 0.2) is 29.3 Å². The Hall–Kier alpha value is -0.890. The highest BCUT2D eigenvalue weighted by Crippen LogP contribution is 2.23. The molecule has 0 radical (unpaired) electrons. The molecule has 6 heteroatoms. The van der Waals surface area contributed by atoms with Crippen LogP contribution in [0.25, 0.3) is 0 Å². The Bertz CT molecular complexity index is 463. The van der Waals surface area contributed by atoms with Crippen LogP contribution in [0.5, 0.6) is 0 Å². The molecule has 0 aromatic heterocycles. The smallest absolute Gasteiger partial charge is 0.191 e. The molecule has 1 aromatic carbocycles. The predicted octanol–water partition coefficient (Wildman–Crippen LogP) is 3.31. The number of benzene rings is 1. The Balaban J connectivity index is 0.00000484. The first-order valence-corrected chi connectivity index (χ1v) is 7.85. The van der Waals surface area contributed by atoms with Crippen LogP contribution >= 0.6 is 24.0 Å². The molecule has 0 atom stereocenters. The van der Waals surface area contributed by atoms with Crippen LogP contribution in [-0.4, -0.2) is 38.8 Å². The van der Waals surface area contributed by atoms with Crippen molar-refractivity contribution in [3.63, 3.8) is 0 Å². The van der Waals surface area contributed by atoms with E-state index in [2.05, 4.69) is 29.5 Å². The number of nitrogens with zero attached hydrogens (tertiary/aromatic N) is 1. The molecule has 0 bridgehead atoms. The number of aliphatic imine (C=N–C) groups is 1. The van der Waals surface area contributed by atoms with Crippen LogP contribution in [0.4, 0.5) is 4.39 Å². The second-order valence-corrected chi connectivity index (χ2v) is 5.71. The van der Waals surface area contributed by atoms with E-state index in [9.17, 15) is 4.39 Å². The van der Waals surface area contributed by atoms with Crippen molar-refractivity contribution in [3.05, 3.63) is 35.6 Å². The topological polar surface area (TPSA) is 45.7 Å². The molecule has 0 aliphatic carbocycles. The molecular weight excluding hydrogens is 408 g/mol. The Morgan fingerprint density at radius 1 is 1.17 bits per heavy atom. The molecule has 132 valence electrons. The molecule has 0 aliphatic heterocycles. The van der Waals surface area contributed by atoms with E-state index in [4.69, 9.17) is 4.74 Å². The lowest BCUT2D eigenvalue weighted by Crippen LogP contribution is -2.40. The number of guanidine groups is 1. The molecule has 23 heavy (non-hydrogen) atoms. The molecule has 0 fully saturated rings. The Morgan fingerprint density at radius 2 is 1.83 bits per heavy atom. The normalized spacial score (nSPS) is 11.8. The lowest BCUT2D eigenvalue weighted by atomic mass is 9.85. The van der Waals surface area contributed by atoms with Gasteiger partial charge in [0.15, 0.2) is 5.96 Å². The van der Waals surface area contributed by atoms with Gasteiger partial charge in [0.25, 0.3) is 0 Å². The highest BCUT2D eigenvalue weighted by molar-refractivity contribution is 14.0. The minimum absolute atomic E-state index is 0. The number of rotatable bonds is 8. The van der Waals surface area contributed by atoms with Crippen LogP contribution in [0, 0.1) is 5.82 Å². The van der Waals surface area contributed by atoms with E-state index in [1.807, 2.05) is 26.0 Å². The van der Waals surface area contributed by atoms with Gasteiger partial charge in [0.05, 0.1) is 13.2 Å². The fourth-order valence-electron chi connectivity index (χ4n) is 2.00. The van der Waals surface area contributed by atoms with Crippen molar-refractivity contribution in [1.82, 2.24) is 10.6 Å². The number of ether oxygens (including phenoxy) is 1. The highest BCUT2D eigenvalue weighted by atomic mass is 127. The van der Waals surface area contributed by atoms with Crippen molar-refractivity contribution in [2.24, 2.45) is 4.99 Å². The highest BCUT2D eigenvalue weighted by Gasteiger charge is 2.20. The Morgan fingerprint density at radius 3 is 2.39 bits per heavy atom. The average molecular weight is 437 g/mol. The molecule has 1 rings (SSSR count). The molecule has 0 saturated heterocycles. The zero-order valence-corrected chi connectivity index (χ0v) is 16.8. The summed E-state index contributed by atoms with van der Waals surface area (Å²) in [7, 11) is 0. The van der Waals surface area contributed by atoms with E-state index in [-0.39, 0.29) is 35.2 Å². The van der Waals surface area contributed by atoms with Gasteiger partial charge in [0, 0.05) is 25.1 Å². The van der Waals surface area contributed by atoms with Crippen LogP contribution in [-0.2, 0) is 10.2 Å². The maximum atomic E-state index is 13.0.